The van der Waals surface area contributed by atoms with Gasteiger partial charge in [0, 0.05) is 13.0 Å². The highest BCUT2D eigenvalue weighted by Gasteiger charge is 2.10. The second kappa shape index (κ2) is 5.05. The number of imidazole rings is 1. The van der Waals surface area contributed by atoms with Gasteiger partial charge in [-0.1, -0.05) is 0 Å². The molecule has 0 spiro atoms. The largest absolute Gasteiger partial charge is 0.497 e. The molecule has 1 aromatic carbocycles. The third kappa shape index (κ3) is 2.42. The maximum atomic E-state index is 11.2. The molecule has 1 N–H and O–H groups in total. The zero-order valence-electron chi connectivity index (χ0n) is 11.0. The van der Waals surface area contributed by atoms with Crippen molar-refractivity contribution in [2.24, 2.45) is 0 Å². The summed E-state index contributed by atoms with van der Waals surface area (Å²) >= 11 is 1.34. The highest BCUT2D eigenvalue weighted by molar-refractivity contribution is 7.99. The molecule has 0 aliphatic heterocycles. The van der Waals surface area contributed by atoms with E-state index in [0.717, 1.165) is 16.8 Å². The van der Waals surface area contributed by atoms with Gasteiger partial charge in [0.15, 0.2) is 21.8 Å². The molecule has 20 heavy (non-hydrogen) atoms. The number of rotatable bonds is 4. The average Bonchev–Trinajstić information content (AvgIpc) is 3.04. The van der Waals surface area contributed by atoms with Crippen LogP contribution in [0, 0.1) is 0 Å². The van der Waals surface area contributed by atoms with E-state index in [1.165, 1.54) is 18.7 Å². The second-order valence-corrected chi connectivity index (χ2v) is 5.20. The summed E-state index contributed by atoms with van der Waals surface area (Å²) < 4.78 is 10.6. The lowest BCUT2D eigenvalue weighted by atomic mass is 10.3. The van der Waals surface area contributed by atoms with Crippen LogP contribution < -0.4 is 4.74 Å². The predicted octanol–water partition coefficient (Wildman–Crippen LogP) is 3.52. The molecule has 0 fully saturated rings. The number of fused-ring (bicyclic) bond motifs is 1. The predicted molar refractivity (Wildman–Crippen MR) is 75.5 cm³/mol. The van der Waals surface area contributed by atoms with Gasteiger partial charge in [0.25, 0.3) is 0 Å². The number of carbonyl (C=O) groups excluding carboxylic acids is 1. The standard InChI is InChI=1S/C14H12N2O3S/c1-8(17)12-5-6-13(19-12)20-14-15-10-4-3-9(18-2)7-11(10)16-14/h3-7H,1-2H3,(H,15,16). The molecule has 0 unspecified atom stereocenters. The summed E-state index contributed by atoms with van der Waals surface area (Å²) in [6.45, 7) is 1.47. The van der Waals surface area contributed by atoms with Crippen molar-refractivity contribution in [1.29, 1.82) is 0 Å². The first-order valence-electron chi connectivity index (χ1n) is 5.98. The molecule has 0 aliphatic rings. The fourth-order valence-corrected chi connectivity index (χ4v) is 2.56. The Hall–Kier alpha value is -2.21. The van der Waals surface area contributed by atoms with Gasteiger partial charge in [-0.3, -0.25) is 4.79 Å². The molecule has 0 amide bonds. The molecule has 3 rings (SSSR count). The Morgan fingerprint density at radius 2 is 2.20 bits per heavy atom. The Bertz CT molecular complexity index is 776. The van der Waals surface area contributed by atoms with E-state index in [1.807, 2.05) is 18.2 Å². The van der Waals surface area contributed by atoms with Crippen LogP contribution in [0.15, 0.2) is 45.0 Å². The molecule has 2 heterocycles. The second-order valence-electron chi connectivity index (χ2n) is 4.20. The summed E-state index contributed by atoms with van der Waals surface area (Å²) in [5, 5.41) is 1.33. The van der Waals surface area contributed by atoms with Gasteiger partial charge in [-0.15, -0.1) is 0 Å². The molecule has 0 saturated carbocycles. The molecule has 0 aliphatic carbocycles. The molecule has 5 nitrogen and oxygen atoms in total. The van der Waals surface area contributed by atoms with E-state index in [2.05, 4.69) is 9.97 Å². The maximum absolute atomic E-state index is 11.2. The molecule has 2 aromatic heterocycles. The Kier molecular flexibility index (Phi) is 3.23. The number of nitrogens with one attached hydrogen (secondary N) is 1. The van der Waals surface area contributed by atoms with E-state index >= 15 is 0 Å². The van der Waals surface area contributed by atoms with Crippen molar-refractivity contribution < 1.29 is 13.9 Å². The van der Waals surface area contributed by atoms with E-state index in [9.17, 15) is 4.79 Å². The Balaban J connectivity index is 1.88. The van der Waals surface area contributed by atoms with E-state index in [0.29, 0.717) is 16.0 Å². The number of aromatic nitrogens is 2. The zero-order valence-corrected chi connectivity index (χ0v) is 11.8. The minimum absolute atomic E-state index is 0.0915. The van der Waals surface area contributed by atoms with E-state index < -0.39 is 0 Å². The van der Waals surface area contributed by atoms with Crippen molar-refractivity contribution in [2.75, 3.05) is 7.11 Å². The number of carbonyl (C=O) groups is 1. The summed E-state index contributed by atoms with van der Waals surface area (Å²) in [6.07, 6.45) is 0. The van der Waals surface area contributed by atoms with Crippen molar-refractivity contribution >= 4 is 28.6 Å². The number of hydrogen-bond acceptors (Lipinski definition) is 5. The van der Waals surface area contributed by atoms with Crippen molar-refractivity contribution in [1.82, 2.24) is 9.97 Å². The van der Waals surface area contributed by atoms with Gasteiger partial charge < -0.3 is 14.1 Å². The van der Waals surface area contributed by atoms with E-state index in [4.69, 9.17) is 9.15 Å². The van der Waals surface area contributed by atoms with Crippen LogP contribution in [0.2, 0.25) is 0 Å². The lowest BCUT2D eigenvalue weighted by molar-refractivity contribution is 0.0982. The number of ketones is 1. The van der Waals surface area contributed by atoms with Crippen LogP contribution in [0.5, 0.6) is 5.75 Å². The van der Waals surface area contributed by atoms with Gasteiger partial charge in [-0.05, 0) is 36.0 Å². The van der Waals surface area contributed by atoms with Crippen LogP contribution in [0.1, 0.15) is 17.5 Å². The lowest BCUT2D eigenvalue weighted by Gasteiger charge is -1.96. The molecule has 0 radical (unpaired) electrons. The fourth-order valence-electron chi connectivity index (χ4n) is 1.80. The minimum atomic E-state index is -0.0915. The minimum Gasteiger partial charge on any atom is -0.497 e. The Morgan fingerprint density at radius 3 is 2.90 bits per heavy atom. The monoisotopic (exact) mass is 288 g/mol. The number of benzene rings is 1. The van der Waals surface area contributed by atoms with Crippen molar-refractivity contribution in [3.05, 3.63) is 36.1 Å². The van der Waals surface area contributed by atoms with Gasteiger partial charge in [-0.25, -0.2) is 4.98 Å². The molecule has 102 valence electrons. The maximum Gasteiger partial charge on any atom is 0.194 e. The summed E-state index contributed by atoms with van der Waals surface area (Å²) in [7, 11) is 1.62. The number of furan rings is 1. The van der Waals surface area contributed by atoms with Crippen molar-refractivity contribution in [3.63, 3.8) is 0 Å². The van der Waals surface area contributed by atoms with E-state index in [1.54, 1.807) is 19.2 Å². The van der Waals surface area contributed by atoms with E-state index in [-0.39, 0.29) is 5.78 Å². The van der Waals surface area contributed by atoms with Gasteiger partial charge in [0.2, 0.25) is 0 Å². The molecular formula is C14H12N2O3S. The highest BCUT2D eigenvalue weighted by Crippen LogP contribution is 2.29. The number of hydrogen-bond donors (Lipinski definition) is 1. The van der Waals surface area contributed by atoms with Gasteiger partial charge >= 0.3 is 0 Å². The molecular weight excluding hydrogens is 276 g/mol. The lowest BCUT2D eigenvalue weighted by Crippen LogP contribution is -1.85. The van der Waals surface area contributed by atoms with Gasteiger partial charge in [0.05, 0.1) is 18.1 Å². The van der Waals surface area contributed by atoms with Crippen LogP contribution in [-0.2, 0) is 0 Å². The molecule has 0 atom stereocenters. The smallest absolute Gasteiger partial charge is 0.194 e. The Labute approximate surface area is 119 Å². The average molecular weight is 288 g/mol. The summed E-state index contributed by atoms with van der Waals surface area (Å²) in [4.78, 5) is 18.8. The highest BCUT2D eigenvalue weighted by atomic mass is 32.2. The number of nitrogens with zero attached hydrogens (tertiary/aromatic N) is 1. The fraction of sp³-hybridized carbons (Fsp3) is 0.143. The van der Waals surface area contributed by atoms with Crippen LogP contribution >= 0.6 is 11.8 Å². The molecule has 3 aromatic rings. The van der Waals surface area contributed by atoms with Crippen LogP contribution in [0.25, 0.3) is 11.0 Å². The third-order valence-corrected chi connectivity index (χ3v) is 3.60. The Morgan fingerprint density at radius 1 is 1.35 bits per heavy atom. The number of H-pyrrole nitrogens is 1. The number of aromatic amines is 1. The SMILES string of the molecule is COc1ccc2nc(Sc3ccc(C(C)=O)o3)[nH]c2c1. The molecule has 0 saturated heterocycles. The molecule has 6 heteroatoms. The van der Waals surface area contributed by atoms with Crippen LogP contribution in [0.3, 0.4) is 0 Å². The first-order chi connectivity index (χ1) is 9.65. The molecule has 0 bridgehead atoms. The van der Waals surface area contributed by atoms with Crippen molar-refractivity contribution in [2.45, 2.75) is 17.2 Å². The van der Waals surface area contributed by atoms with Crippen LogP contribution in [-0.4, -0.2) is 22.9 Å². The summed E-state index contributed by atoms with van der Waals surface area (Å²) in [5.41, 5.74) is 1.75. The van der Waals surface area contributed by atoms with Crippen molar-refractivity contribution in [3.8, 4) is 5.75 Å². The normalized spacial score (nSPS) is 10.9. The van der Waals surface area contributed by atoms with Crippen LogP contribution in [0.4, 0.5) is 0 Å². The van der Waals surface area contributed by atoms with Gasteiger partial charge in [-0.2, -0.15) is 0 Å². The number of ether oxygens (including phenoxy) is 1. The third-order valence-electron chi connectivity index (χ3n) is 2.79. The number of Topliss-reactive ketones (excluding diaryl/α,β-unsaturated/α-hetero) is 1. The summed E-state index contributed by atoms with van der Waals surface area (Å²) in [5.74, 6) is 1.03. The van der Waals surface area contributed by atoms with Gasteiger partial charge in [0.1, 0.15) is 5.75 Å². The topological polar surface area (TPSA) is 68.1 Å². The first-order valence-corrected chi connectivity index (χ1v) is 6.80. The summed E-state index contributed by atoms with van der Waals surface area (Å²) in [6, 6.07) is 9.05. The zero-order chi connectivity index (χ0) is 14.1. The number of methoxy groups -OCH3 is 1. The quantitative estimate of drug-likeness (QED) is 0.744. The first kappa shape index (κ1) is 12.8.